The highest BCUT2D eigenvalue weighted by atomic mass is 79.9. The number of aliphatic hydroxyl groups is 2. The Morgan fingerprint density at radius 3 is 2.88 bits per heavy atom. The molecule has 1 saturated heterocycles. The van der Waals surface area contributed by atoms with Crippen molar-refractivity contribution in [2.75, 3.05) is 18.2 Å². The molecule has 134 valence electrons. The third kappa shape index (κ3) is 4.62. The normalized spacial score (nSPS) is 27.7. The van der Waals surface area contributed by atoms with Crippen molar-refractivity contribution < 1.29 is 27.6 Å². The van der Waals surface area contributed by atoms with Gasteiger partial charge in [0, 0.05) is 11.8 Å². The lowest BCUT2D eigenvalue weighted by molar-refractivity contribution is -0.00722. The van der Waals surface area contributed by atoms with Gasteiger partial charge in [-0.05, 0) is 11.1 Å². The number of anilines is 1. The number of H-pyrrole nitrogens is 1. The molecule has 2 heterocycles. The summed E-state index contributed by atoms with van der Waals surface area (Å²) in [7, 11) is -3.87. The average Bonchev–Trinajstić information content (AvgIpc) is 2.77. The lowest BCUT2D eigenvalue weighted by atomic mass is 10.1. The van der Waals surface area contributed by atoms with Crippen LogP contribution in [0.15, 0.2) is 16.0 Å². The molecule has 12 heteroatoms. The van der Waals surface area contributed by atoms with E-state index < -0.39 is 47.0 Å². The molecule has 24 heavy (non-hydrogen) atoms. The molecule has 0 unspecified atom stereocenters. The van der Waals surface area contributed by atoms with Gasteiger partial charge in [0.1, 0.15) is 24.1 Å². The predicted octanol–water partition coefficient (Wildman–Crippen LogP) is -1.03. The molecule has 1 aliphatic rings. The molecule has 0 amide bonds. The molecule has 1 aromatic heterocycles. The van der Waals surface area contributed by atoms with Crippen molar-refractivity contribution in [1.82, 2.24) is 9.97 Å². The van der Waals surface area contributed by atoms with Crippen LogP contribution in [-0.4, -0.2) is 66.0 Å². The molecular weight excluding hydrogens is 410 g/mol. The summed E-state index contributed by atoms with van der Waals surface area (Å²) >= 11 is 3.10. The SMILES string of the molecule is CS(=O)(=O)O[C@@H]1[C@@H](O)[C@H](Nc2[nH]c(=O)ncc2C=CBr)O[C@@H]1CO. The van der Waals surface area contributed by atoms with Crippen molar-refractivity contribution in [3.05, 3.63) is 27.2 Å². The van der Waals surface area contributed by atoms with E-state index in [1.807, 2.05) is 0 Å². The van der Waals surface area contributed by atoms with Crippen molar-refractivity contribution >= 4 is 37.9 Å². The smallest absolute Gasteiger partial charge is 0.346 e. The van der Waals surface area contributed by atoms with Gasteiger partial charge in [0.05, 0.1) is 12.9 Å². The first-order valence-electron chi connectivity index (χ1n) is 6.70. The fourth-order valence-corrected chi connectivity index (χ4v) is 3.11. The topological polar surface area (TPSA) is 151 Å². The summed E-state index contributed by atoms with van der Waals surface area (Å²) in [5, 5.41) is 22.3. The van der Waals surface area contributed by atoms with E-state index in [2.05, 4.69) is 31.2 Å². The van der Waals surface area contributed by atoms with Crippen molar-refractivity contribution in [2.24, 2.45) is 0 Å². The molecule has 0 bridgehead atoms. The molecule has 1 aromatic rings. The van der Waals surface area contributed by atoms with Gasteiger partial charge in [-0.2, -0.15) is 8.42 Å². The van der Waals surface area contributed by atoms with Crippen LogP contribution >= 0.6 is 15.9 Å². The number of hydrogen-bond donors (Lipinski definition) is 4. The van der Waals surface area contributed by atoms with Crippen LogP contribution in [0.4, 0.5) is 5.82 Å². The minimum atomic E-state index is -3.87. The Balaban J connectivity index is 2.25. The Morgan fingerprint density at radius 1 is 1.58 bits per heavy atom. The van der Waals surface area contributed by atoms with E-state index in [-0.39, 0.29) is 5.82 Å². The van der Waals surface area contributed by atoms with Gasteiger partial charge in [-0.15, -0.1) is 0 Å². The molecular formula is C12H16BrN3O7S. The van der Waals surface area contributed by atoms with Crippen LogP contribution in [0.5, 0.6) is 0 Å². The van der Waals surface area contributed by atoms with Crippen LogP contribution in [0, 0.1) is 0 Å². The first kappa shape index (κ1) is 19.0. The highest BCUT2D eigenvalue weighted by Crippen LogP contribution is 2.26. The van der Waals surface area contributed by atoms with Crippen molar-refractivity contribution in [3.8, 4) is 0 Å². The second-order valence-corrected chi connectivity index (χ2v) is 7.12. The van der Waals surface area contributed by atoms with Crippen LogP contribution in [0.25, 0.3) is 6.08 Å². The van der Waals surface area contributed by atoms with E-state index >= 15 is 0 Å². The van der Waals surface area contributed by atoms with Crippen molar-refractivity contribution in [3.63, 3.8) is 0 Å². The maximum atomic E-state index is 11.4. The van der Waals surface area contributed by atoms with Gasteiger partial charge in [-0.3, -0.25) is 9.17 Å². The molecule has 1 fully saturated rings. The second kappa shape index (κ2) is 7.72. The van der Waals surface area contributed by atoms with Crippen LogP contribution in [0.1, 0.15) is 5.56 Å². The zero-order chi connectivity index (χ0) is 17.9. The minimum absolute atomic E-state index is 0.200. The Bertz CT molecular complexity index is 766. The van der Waals surface area contributed by atoms with Gasteiger partial charge in [-0.25, -0.2) is 9.78 Å². The Morgan fingerprint density at radius 2 is 2.29 bits per heavy atom. The molecule has 0 aromatic carbocycles. The molecule has 10 nitrogen and oxygen atoms in total. The van der Waals surface area contributed by atoms with Gasteiger partial charge in [0.25, 0.3) is 10.1 Å². The zero-order valence-corrected chi connectivity index (χ0v) is 14.8. The maximum absolute atomic E-state index is 11.4. The summed E-state index contributed by atoms with van der Waals surface area (Å²) in [4.78, 5) is 18.9. The molecule has 4 N–H and O–H groups in total. The summed E-state index contributed by atoms with van der Waals surface area (Å²) in [5.74, 6) is 0.200. The van der Waals surface area contributed by atoms with E-state index in [0.717, 1.165) is 6.26 Å². The molecule has 4 atom stereocenters. The van der Waals surface area contributed by atoms with Gasteiger partial charge >= 0.3 is 5.69 Å². The van der Waals surface area contributed by atoms with Crippen LogP contribution in [-0.2, 0) is 19.0 Å². The number of halogens is 1. The summed E-state index contributed by atoms with van der Waals surface area (Å²) in [5.41, 5.74) is -0.144. The minimum Gasteiger partial charge on any atom is -0.394 e. The maximum Gasteiger partial charge on any atom is 0.346 e. The summed E-state index contributed by atoms with van der Waals surface area (Å²) in [6.07, 6.45) is -1.16. The van der Waals surface area contributed by atoms with E-state index in [4.69, 9.17) is 8.92 Å². The van der Waals surface area contributed by atoms with Crippen LogP contribution in [0.3, 0.4) is 0 Å². The third-order valence-corrected chi connectivity index (χ3v) is 4.01. The fraction of sp³-hybridized carbons (Fsp3) is 0.500. The molecule has 0 saturated carbocycles. The largest absolute Gasteiger partial charge is 0.394 e. The molecule has 0 spiro atoms. The summed E-state index contributed by atoms with van der Waals surface area (Å²) < 4.78 is 32.7. The van der Waals surface area contributed by atoms with Crippen molar-refractivity contribution in [1.29, 1.82) is 0 Å². The number of nitrogens with zero attached hydrogens (tertiary/aromatic N) is 1. The summed E-state index contributed by atoms with van der Waals surface area (Å²) in [6.45, 7) is -0.559. The van der Waals surface area contributed by atoms with Gasteiger partial charge in [0.15, 0.2) is 6.23 Å². The molecule has 0 radical (unpaired) electrons. The van der Waals surface area contributed by atoms with E-state index in [1.54, 1.807) is 6.08 Å². The Kier molecular flexibility index (Phi) is 6.11. The first-order chi connectivity index (χ1) is 11.2. The number of aromatic nitrogens is 2. The highest BCUT2D eigenvalue weighted by Gasteiger charge is 2.46. The lowest BCUT2D eigenvalue weighted by Gasteiger charge is -2.19. The van der Waals surface area contributed by atoms with E-state index in [9.17, 15) is 23.4 Å². The quantitative estimate of drug-likeness (QED) is 0.419. The predicted molar refractivity (Wildman–Crippen MR) is 87.9 cm³/mol. The average molecular weight is 426 g/mol. The van der Waals surface area contributed by atoms with E-state index in [0.29, 0.717) is 5.56 Å². The number of nitrogens with one attached hydrogen (secondary N) is 2. The van der Waals surface area contributed by atoms with Crippen LogP contribution < -0.4 is 11.0 Å². The first-order valence-corrected chi connectivity index (χ1v) is 9.43. The fourth-order valence-electron chi connectivity index (χ4n) is 2.19. The number of hydrogen-bond acceptors (Lipinski definition) is 9. The Hall–Kier alpha value is -1.31. The number of aromatic amines is 1. The molecule has 0 aliphatic carbocycles. The Labute approximate surface area is 145 Å². The lowest BCUT2D eigenvalue weighted by Crippen LogP contribution is -2.40. The monoisotopic (exact) mass is 425 g/mol. The number of aliphatic hydroxyl groups excluding tert-OH is 2. The molecule has 2 rings (SSSR count). The van der Waals surface area contributed by atoms with Gasteiger partial charge in [0.2, 0.25) is 0 Å². The summed E-state index contributed by atoms with van der Waals surface area (Å²) in [6, 6.07) is 0. The number of rotatable bonds is 6. The molecule has 1 aliphatic heterocycles. The highest BCUT2D eigenvalue weighted by molar-refractivity contribution is 9.11. The van der Waals surface area contributed by atoms with Gasteiger partial charge < -0.3 is 20.3 Å². The second-order valence-electron chi connectivity index (χ2n) is 4.99. The third-order valence-electron chi connectivity index (χ3n) is 3.17. The van der Waals surface area contributed by atoms with Crippen LogP contribution in [0.2, 0.25) is 0 Å². The van der Waals surface area contributed by atoms with E-state index in [1.165, 1.54) is 11.2 Å². The standard InChI is InChI=1S/C12H16BrN3O7S/c1-24(20,21)23-9-7(5-17)22-11(8(9)18)15-10-6(2-3-13)4-14-12(19)16-10/h2-4,7-9,11,17-18H,5H2,1H3,(H2,14,15,16,19)/t7-,8-,9+,11-/m1/s1. The van der Waals surface area contributed by atoms with Crippen molar-refractivity contribution in [2.45, 2.75) is 24.5 Å². The zero-order valence-electron chi connectivity index (χ0n) is 12.4. The number of ether oxygens (including phenoxy) is 1. The van der Waals surface area contributed by atoms with Gasteiger partial charge in [-0.1, -0.05) is 15.9 Å².